The van der Waals surface area contributed by atoms with E-state index < -0.39 is 0 Å². The summed E-state index contributed by atoms with van der Waals surface area (Å²) in [4.78, 5) is 2.47. The Balaban J connectivity index is 1.93. The molecule has 2 nitrogen and oxygen atoms in total. The molecule has 0 aliphatic carbocycles. The Bertz CT molecular complexity index is 425. The molecule has 2 rings (SSSR count). The van der Waals surface area contributed by atoms with Crippen molar-refractivity contribution in [3.63, 3.8) is 0 Å². The highest BCUT2D eigenvalue weighted by atomic mass is 19.1. The number of hydrogen-bond donors (Lipinski definition) is 1. The van der Waals surface area contributed by atoms with Crippen LogP contribution in [0.5, 0.6) is 0 Å². The van der Waals surface area contributed by atoms with E-state index in [4.69, 9.17) is 0 Å². The number of hydrogen-bond acceptors (Lipinski definition) is 2. The number of nitrogens with one attached hydrogen (secondary N) is 1. The monoisotopic (exact) mass is 278 g/mol. The molecule has 1 N–H and O–H groups in total. The molecule has 1 aromatic rings. The maximum Gasteiger partial charge on any atom is 0.126 e. The SMILES string of the molecule is CC(C)(C)C1CN(CCc2ccccc2F)CCCN1. The number of halogens is 1. The van der Waals surface area contributed by atoms with Crippen LogP contribution < -0.4 is 5.32 Å². The third-order valence-corrected chi connectivity index (χ3v) is 4.18. The summed E-state index contributed by atoms with van der Waals surface area (Å²) in [5.41, 5.74) is 1.10. The lowest BCUT2D eigenvalue weighted by Crippen LogP contribution is -2.46. The summed E-state index contributed by atoms with van der Waals surface area (Å²) in [6, 6.07) is 7.62. The Morgan fingerprint density at radius 3 is 2.75 bits per heavy atom. The van der Waals surface area contributed by atoms with Crippen LogP contribution in [0.1, 0.15) is 32.8 Å². The van der Waals surface area contributed by atoms with E-state index in [1.807, 2.05) is 12.1 Å². The van der Waals surface area contributed by atoms with Gasteiger partial charge in [-0.05, 0) is 43.0 Å². The van der Waals surface area contributed by atoms with Crippen LogP contribution in [0.4, 0.5) is 4.39 Å². The molecule has 0 amide bonds. The van der Waals surface area contributed by atoms with E-state index in [0.29, 0.717) is 6.04 Å². The number of rotatable bonds is 3. The summed E-state index contributed by atoms with van der Waals surface area (Å²) in [5.74, 6) is -0.0761. The fraction of sp³-hybridized carbons (Fsp3) is 0.647. The summed E-state index contributed by atoms with van der Waals surface area (Å²) in [7, 11) is 0. The number of nitrogens with zero attached hydrogens (tertiary/aromatic N) is 1. The van der Waals surface area contributed by atoms with Crippen LogP contribution in [0.2, 0.25) is 0 Å². The third-order valence-electron chi connectivity index (χ3n) is 4.18. The van der Waals surface area contributed by atoms with Gasteiger partial charge in [-0.3, -0.25) is 0 Å². The molecule has 0 bridgehead atoms. The van der Waals surface area contributed by atoms with Gasteiger partial charge in [-0.15, -0.1) is 0 Å². The molecule has 1 unspecified atom stereocenters. The van der Waals surface area contributed by atoms with Gasteiger partial charge in [0.1, 0.15) is 5.82 Å². The molecule has 1 atom stereocenters. The van der Waals surface area contributed by atoms with Gasteiger partial charge in [-0.1, -0.05) is 39.0 Å². The molecule has 0 saturated carbocycles. The third kappa shape index (κ3) is 4.29. The highest BCUT2D eigenvalue weighted by molar-refractivity contribution is 5.17. The first-order valence-corrected chi connectivity index (χ1v) is 7.66. The molecule has 1 aliphatic heterocycles. The topological polar surface area (TPSA) is 15.3 Å². The molecular formula is C17H27FN2. The van der Waals surface area contributed by atoms with Crippen molar-refractivity contribution in [1.29, 1.82) is 0 Å². The zero-order valence-corrected chi connectivity index (χ0v) is 13.0. The van der Waals surface area contributed by atoms with Gasteiger partial charge in [0.05, 0.1) is 0 Å². The van der Waals surface area contributed by atoms with E-state index in [1.54, 1.807) is 12.1 Å². The van der Waals surface area contributed by atoms with Crippen molar-refractivity contribution >= 4 is 0 Å². The maximum absolute atomic E-state index is 13.7. The molecule has 0 aromatic heterocycles. The van der Waals surface area contributed by atoms with Crippen molar-refractivity contribution in [3.8, 4) is 0 Å². The van der Waals surface area contributed by atoms with Crippen LogP contribution in [-0.2, 0) is 6.42 Å². The Labute approximate surface area is 122 Å². The molecule has 1 aliphatic rings. The standard InChI is InChI=1S/C17H27FN2/c1-17(2,3)16-13-20(11-6-10-19-16)12-9-14-7-4-5-8-15(14)18/h4-5,7-8,16,19H,6,9-13H2,1-3H3. The van der Waals surface area contributed by atoms with E-state index in [2.05, 4.69) is 31.0 Å². The van der Waals surface area contributed by atoms with Crippen molar-refractivity contribution in [3.05, 3.63) is 35.6 Å². The van der Waals surface area contributed by atoms with E-state index in [0.717, 1.165) is 38.2 Å². The van der Waals surface area contributed by atoms with E-state index in [9.17, 15) is 4.39 Å². The maximum atomic E-state index is 13.7. The summed E-state index contributed by atoms with van der Waals surface area (Å²) < 4.78 is 13.7. The van der Waals surface area contributed by atoms with Crippen molar-refractivity contribution in [2.24, 2.45) is 5.41 Å². The normalized spacial score (nSPS) is 21.7. The lowest BCUT2D eigenvalue weighted by Gasteiger charge is -2.33. The quantitative estimate of drug-likeness (QED) is 0.914. The molecule has 1 saturated heterocycles. The summed E-state index contributed by atoms with van der Waals surface area (Å²) in [6.07, 6.45) is 1.97. The van der Waals surface area contributed by atoms with E-state index in [-0.39, 0.29) is 11.2 Å². The predicted octanol–water partition coefficient (Wildman–Crippen LogP) is 3.08. The average Bonchev–Trinajstić information content (AvgIpc) is 2.63. The molecule has 1 heterocycles. The molecule has 112 valence electrons. The van der Waals surface area contributed by atoms with Crippen molar-refractivity contribution in [2.45, 2.75) is 39.7 Å². The molecular weight excluding hydrogens is 251 g/mol. The molecule has 0 spiro atoms. The van der Waals surface area contributed by atoms with Gasteiger partial charge in [-0.25, -0.2) is 4.39 Å². The van der Waals surface area contributed by atoms with Crippen LogP contribution in [0.15, 0.2) is 24.3 Å². The summed E-state index contributed by atoms with van der Waals surface area (Å²) in [6.45, 7) is 11.0. The van der Waals surface area contributed by atoms with Crippen LogP contribution in [0.25, 0.3) is 0 Å². The minimum absolute atomic E-state index is 0.0761. The minimum atomic E-state index is -0.0761. The predicted molar refractivity (Wildman–Crippen MR) is 82.4 cm³/mol. The Hall–Kier alpha value is -0.930. The molecule has 0 radical (unpaired) electrons. The van der Waals surface area contributed by atoms with Crippen LogP contribution in [0.3, 0.4) is 0 Å². The zero-order valence-electron chi connectivity index (χ0n) is 13.0. The lowest BCUT2D eigenvalue weighted by molar-refractivity contribution is 0.198. The van der Waals surface area contributed by atoms with Crippen molar-refractivity contribution in [2.75, 3.05) is 26.2 Å². The fourth-order valence-electron chi connectivity index (χ4n) is 2.76. The Morgan fingerprint density at radius 1 is 1.30 bits per heavy atom. The second-order valence-electron chi connectivity index (χ2n) is 6.87. The van der Waals surface area contributed by atoms with E-state index in [1.165, 1.54) is 6.42 Å². The van der Waals surface area contributed by atoms with Crippen LogP contribution in [-0.4, -0.2) is 37.1 Å². The highest BCUT2D eigenvalue weighted by Crippen LogP contribution is 2.21. The van der Waals surface area contributed by atoms with Gasteiger partial charge in [-0.2, -0.15) is 0 Å². The smallest absolute Gasteiger partial charge is 0.126 e. The Kier molecular flexibility index (Phi) is 5.17. The van der Waals surface area contributed by atoms with Crippen LogP contribution in [0, 0.1) is 11.2 Å². The lowest BCUT2D eigenvalue weighted by atomic mass is 9.86. The van der Waals surface area contributed by atoms with Gasteiger partial charge in [0, 0.05) is 19.1 Å². The van der Waals surface area contributed by atoms with Gasteiger partial charge in [0.15, 0.2) is 0 Å². The van der Waals surface area contributed by atoms with E-state index >= 15 is 0 Å². The summed E-state index contributed by atoms with van der Waals surface area (Å²) >= 11 is 0. The van der Waals surface area contributed by atoms with Gasteiger partial charge in [0.2, 0.25) is 0 Å². The van der Waals surface area contributed by atoms with Crippen LogP contribution >= 0.6 is 0 Å². The number of benzene rings is 1. The molecule has 3 heteroatoms. The summed E-state index contributed by atoms with van der Waals surface area (Å²) in [5, 5.41) is 3.65. The zero-order chi connectivity index (χ0) is 14.6. The Morgan fingerprint density at radius 2 is 2.05 bits per heavy atom. The van der Waals surface area contributed by atoms with Gasteiger partial charge >= 0.3 is 0 Å². The van der Waals surface area contributed by atoms with Crippen molar-refractivity contribution < 1.29 is 4.39 Å². The molecule has 1 fully saturated rings. The molecule has 20 heavy (non-hydrogen) atoms. The minimum Gasteiger partial charge on any atom is -0.312 e. The second kappa shape index (κ2) is 6.68. The molecule has 1 aromatic carbocycles. The first-order chi connectivity index (χ1) is 9.47. The van der Waals surface area contributed by atoms with Gasteiger partial charge in [0.25, 0.3) is 0 Å². The van der Waals surface area contributed by atoms with Gasteiger partial charge < -0.3 is 10.2 Å². The first kappa shape index (κ1) is 15.5. The highest BCUT2D eigenvalue weighted by Gasteiger charge is 2.27. The largest absolute Gasteiger partial charge is 0.312 e. The second-order valence-corrected chi connectivity index (χ2v) is 6.87. The van der Waals surface area contributed by atoms with Crippen molar-refractivity contribution in [1.82, 2.24) is 10.2 Å². The fourth-order valence-corrected chi connectivity index (χ4v) is 2.76. The average molecular weight is 278 g/mol. The first-order valence-electron chi connectivity index (χ1n) is 7.66.